The highest BCUT2D eigenvalue weighted by molar-refractivity contribution is 5.60. The summed E-state index contributed by atoms with van der Waals surface area (Å²) in [5, 5.41) is 8.95. The lowest BCUT2D eigenvalue weighted by Crippen LogP contribution is -2.18. The molecule has 4 nitrogen and oxygen atoms in total. The number of benzene rings is 1. The van der Waals surface area contributed by atoms with E-state index in [1.807, 2.05) is 26.0 Å². The Balaban J connectivity index is 2.55. The Kier molecular flexibility index (Phi) is 3.81. The molecule has 0 saturated carbocycles. The van der Waals surface area contributed by atoms with E-state index in [2.05, 4.69) is 16.0 Å². The predicted octanol–water partition coefficient (Wildman–Crippen LogP) is 1.90. The summed E-state index contributed by atoms with van der Waals surface area (Å²) >= 11 is 0. The second-order valence-corrected chi connectivity index (χ2v) is 4.77. The molecule has 0 unspecified atom stereocenters. The molecule has 0 amide bonds. The maximum atomic E-state index is 12.0. The Morgan fingerprint density at radius 1 is 1.26 bits per heavy atom. The number of H-pyrrole nitrogens is 1. The van der Waals surface area contributed by atoms with Gasteiger partial charge in [0.1, 0.15) is 5.82 Å². The molecule has 0 fully saturated rings. The molecule has 0 aliphatic heterocycles. The van der Waals surface area contributed by atoms with Gasteiger partial charge in [0.15, 0.2) is 0 Å². The Morgan fingerprint density at radius 3 is 2.58 bits per heavy atom. The van der Waals surface area contributed by atoms with Crippen molar-refractivity contribution < 1.29 is 5.11 Å². The lowest BCUT2D eigenvalue weighted by molar-refractivity contribution is 0.298. The van der Waals surface area contributed by atoms with Crippen LogP contribution in [-0.4, -0.2) is 21.7 Å². The Bertz CT molecular complexity index is 660. The van der Waals surface area contributed by atoms with Crippen molar-refractivity contribution in [2.45, 2.75) is 27.2 Å². The largest absolute Gasteiger partial charge is 0.396 e. The van der Waals surface area contributed by atoms with E-state index in [1.165, 1.54) is 5.56 Å². The summed E-state index contributed by atoms with van der Waals surface area (Å²) in [6.07, 6.45) is 0.335. The number of nitrogens with one attached hydrogen (secondary N) is 1. The van der Waals surface area contributed by atoms with Crippen molar-refractivity contribution in [3.63, 3.8) is 0 Å². The molecule has 0 spiro atoms. The molecule has 0 radical (unpaired) electrons. The van der Waals surface area contributed by atoms with Gasteiger partial charge in [0.05, 0.1) is 0 Å². The summed E-state index contributed by atoms with van der Waals surface area (Å²) in [7, 11) is 0. The van der Waals surface area contributed by atoms with E-state index in [-0.39, 0.29) is 12.2 Å². The van der Waals surface area contributed by atoms with Crippen LogP contribution >= 0.6 is 0 Å². The molecular formula is C15H18N2O2. The number of aromatic nitrogens is 2. The zero-order valence-electron chi connectivity index (χ0n) is 11.4. The first kappa shape index (κ1) is 13.5. The van der Waals surface area contributed by atoms with Crippen molar-refractivity contribution in [2.75, 3.05) is 6.61 Å². The topological polar surface area (TPSA) is 66.0 Å². The minimum Gasteiger partial charge on any atom is -0.396 e. The van der Waals surface area contributed by atoms with Crippen molar-refractivity contribution in [1.29, 1.82) is 0 Å². The molecule has 2 N–H and O–H groups in total. The zero-order valence-corrected chi connectivity index (χ0v) is 11.4. The minimum atomic E-state index is -0.170. The van der Waals surface area contributed by atoms with E-state index in [0.29, 0.717) is 23.5 Å². The summed E-state index contributed by atoms with van der Waals surface area (Å²) in [6, 6.07) is 6.03. The number of aromatic amines is 1. The molecular weight excluding hydrogens is 240 g/mol. The van der Waals surface area contributed by atoms with Gasteiger partial charge in [-0.3, -0.25) is 4.79 Å². The molecule has 0 bridgehead atoms. The highest BCUT2D eigenvalue weighted by Gasteiger charge is 2.10. The zero-order chi connectivity index (χ0) is 14.0. The van der Waals surface area contributed by atoms with Gasteiger partial charge < -0.3 is 10.1 Å². The summed E-state index contributed by atoms with van der Waals surface area (Å²) in [5.41, 5.74) is 4.25. The van der Waals surface area contributed by atoms with Gasteiger partial charge in [0.25, 0.3) is 5.56 Å². The number of hydrogen-bond acceptors (Lipinski definition) is 3. The second-order valence-electron chi connectivity index (χ2n) is 4.77. The first-order valence-corrected chi connectivity index (χ1v) is 6.31. The van der Waals surface area contributed by atoms with Crippen molar-refractivity contribution >= 4 is 0 Å². The van der Waals surface area contributed by atoms with Gasteiger partial charge in [-0.2, -0.15) is 0 Å². The van der Waals surface area contributed by atoms with Gasteiger partial charge in [0, 0.05) is 29.8 Å². The molecule has 100 valence electrons. The van der Waals surface area contributed by atoms with E-state index in [1.54, 1.807) is 6.92 Å². The first-order chi connectivity index (χ1) is 9.02. The van der Waals surface area contributed by atoms with Crippen LogP contribution in [0.3, 0.4) is 0 Å². The molecule has 0 saturated heterocycles. The monoisotopic (exact) mass is 258 g/mol. The fourth-order valence-electron chi connectivity index (χ4n) is 2.22. The first-order valence-electron chi connectivity index (χ1n) is 6.31. The smallest absolute Gasteiger partial charge is 0.254 e. The lowest BCUT2D eigenvalue weighted by atomic mass is 10.0. The number of aryl methyl sites for hydroxylation is 3. The molecule has 1 aromatic heterocycles. The molecule has 0 aliphatic carbocycles. The number of aliphatic hydroxyl groups is 1. The van der Waals surface area contributed by atoms with Crippen molar-refractivity contribution in [3.8, 4) is 11.4 Å². The van der Waals surface area contributed by atoms with Crippen LogP contribution < -0.4 is 5.56 Å². The Morgan fingerprint density at radius 2 is 2.00 bits per heavy atom. The van der Waals surface area contributed by atoms with Crippen LogP contribution in [-0.2, 0) is 6.42 Å². The van der Waals surface area contributed by atoms with Gasteiger partial charge in [-0.15, -0.1) is 0 Å². The van der Waals surface area contributed by atoms with Crippen LogP contribution in [0, 0.1) is 20.8 Å². The normalized spacial score (nSPS) is 10.7. The summed E-state index contributed by atoms with van der Waals surface area (Å²) in [5.74, 6) is 0.585. The fraction of sp³-hybridized carbons (Fsp3) is 0.333. The SMILES string of the molecule is Cc1ccc(-c2nc(C)c(CCO)c(=O)[nH]2)c(C)c1. The highest BCUT2D eigenvalue weighted by Crippen LogP contribution is 2.20. The third-order valence-electron chi connectivity index (χ3n) is 3.22. The maximum absolute atomic E-state index is 12.0. The number of hydrogen-bond donors (Lipinski definition) is 2. The van der Waals surface area contributed by atoms with E-state index >= 15 is 0 Å². The molecule has 0 atom stereocenters. The predicted molar refractivity (Wildman–Crippen MR) is 75.3 cm³/mol. The number of aliphatic hydroxyl groups excluding tert-OH is 1. The summed E-state index contributed by atoms with van der Waals surface area (Å²) in [4.78, 5) is 19.2. The quantitative estimate of drug-likeness (QED) is 0.883. The van der Waals surface area contributed by atoms with E-state index < -0.39 is 0 Å². The van der Waals surface area contributed by atoms with Gasteiger partial charge in [-0.05, 0) is 26.3 Å². The van der Waals surface area contributed by atoms with Crippen LogP contribution in [0.2, 0.25) is 0 Å². The van der Waals surface area contributed by atoms with Gasteiger partial charge in [0.2, 0.25) is 0 Å². The van der Waals surface area contributed by atoms with Crippen molar-refractivity contribution in [1.82, 2.24) is 9.97 Å². The summed E-state index contributed by atoms with van der Waals surface area (Å²) in [6.45, 7) is 5.78. The van der Waals surface area contributed by atoms with Gasteiger partial charge >= 0.3 is 0 Å². The third-order valence-corrected chi connectivity index (χ3v) is 3.22. The van der Waals surface area contributed by atoms with E-state index in [0.717, 1.165) is 11.1 Å². The van der Waals surface area contributed by atoms with E-state index in [9.17, 15) is 4.79 Å². The average molecular weight is 258 g/mol. The van der Waals surface area contributed by atoms with Crippen LogP contribution in [0.5, 0.6) is 0 Å². The van der Waals surface area contributed by atoms with Crippen molar-refractivity contribution in [2.24, 2.45) is 0 Å². The number of nitrogens with zero attached hydrogens (tertiary/aromatic N) is 1. The Hall–Kier alpha value is -1.94. The molecule has 0 aliphatic rings. The van der Waals surface area contributed by atoms with Crippen molar-refractivity contribution in [3.05, 3.63) is 50.9 Å². The number of rotatable bonds is 3. The standard InChI is InChI=1S/C15H18N2O2/c1-9-4-5-12(10(2)8-9)14-16-11(3)13(6-7-18)15(19)17-14/h4-5,8,18H,6-7H2,1-3H3,(H,16,17,19). The second kappa shape index (κ2) is 5.36. The minimum absolute atomic E-state index is 0.0471. The van der Waals surface area contributed by atoms with Crippen LogP contribution in [0.15, 0.2) is 23.0 Å². The molecule has 4 heteroatoms. The van der Waals surface area contributed by atoms with E-state index in [4.69, 9.17) is 5.11 Å². The molecule has 1 heterocycles. The van der Waals surface area contributed by atoms with Crippen LogP contribution in [0.25, 0.3) is 11.4 Å². The average Bonchev–Trinajstić information content (AvgIpc) is 2.33. The summed E-state index contributed by atoms with van der Waals surface area (Å²) < 4.78 is 0. The van der Waals surface area contributed by atoms with Gasteiger partial charge in [-0.1, -0.05) is 23.8 Å². The molecule has 2 aromatic rings. The van der Waals surface area contributed by atoms with Crippen LogP contribution in [0.1, 0.15) is 22.4 Å². The van der Waals surface area contributed by atoms with Crippen LogP contribution in [0.4, 0.5) is 0 Å². The molecule has 2 rings (SSSR count). The Labute approximate surface area is 112 Å². The lowest BCUT2D eigenvalue weighted by Gasteiger charge is -2.09. The fourth-order valence-corrected chi connectivity index (χ4v) is 2.22. The van der Waals surface area contributed by atoms with Gasteiger partial charge in [-0.25, -0.2) is 4.98 Å². The molecule has 19 heavy (non-hydrogen) atoms. The highest BCUT2D eigenvalue weighted by atomic mass is 16.3. The molecule has 1 aromatic carbocycles. The maximum Gasteiger partial charge on any atom is 0.254 e. The third kappa shape index (κ3) is 2.74.